The second-order valence-corrected chi connectivity index (χ2v) is 4.90. The molecule has 0 bridgehead atoms. The van der Waals surface area contributed by atoms with E-state index in [-0.39, 0.29) is 30.5 Å². The Morgan fingerprint density at radius 2 is 2.05 bits per heavy atom. The maximum absolute atomic E-state index is 11.8. The van der Waals surface area contributed by atoms with Gasteiger partial charge in [-0.3, -0.25) is 4.79 Å². The summed E-state index contributed by atoms with van der Waals surface area (Å²) < 4.78 is 5.10. The molecule has 5 heteroatoms. The predicted molar refractivity (Wildman–Crippen MR) is 84.2 cm³/mol. The fourth-order valence-corrected chi connectivity index (χ4v) is 2.02. The van der Waals surface area contributed by atoms with Crippen molar-refractivity contribution in [1.29, 1.82) is 0 Å². The third-order valence-corrected chi connectivity index (χ3v) is 3.20. The molecule has 20 heavy (non-hydrogen) atoms. The number of carbonyl (C=O) groups excluding carboxylic acids is 1. The van der Waals surface area contributed by atoms with Gasteiger partial charge in [-0.15, -0.1) is 12.4 Å². The molecule has 0 radical (unpaired) electrons. The lowest BCUT2D eigenvalue weighted by Gasteiger charge is -2.17. The molecule has 1 aromatic rings. The van der Waals surface area contributed by atoms with Crippen molar-refractivity contribution in [2.75, 3.05) is 13.7 Å². The van der Waals surface area contributed by atoms with Crippen molar-refractivity contribution in [3.05, 3.63) is 35.4 Å². The first-order valence-electron chi connectivity index (χ1n) is 6.63. The van der Waals surface area contributed by atoms with Gasteiger partial charge >= 0.3 is 0 Å². The minimum absolute atomic E-state index is 0. The highest BCUT2D eigenvalue weighted by atomic mass is 35.5. The van der Waals surface area contributed by atoms with Gasteiger partial charge in [-0.05, 0) is 31.4 Å². The fraction of sp³-hybridized carbons (Fsp3) is 0.533. The van der Waals surface area contributed by atoms with Crippen molar-refractivity contribution in [2.45, 2.75) is 38.8 Å². The fourth-order valence-electron chi connectivity index (χ4n) is 2.02. The topological polar surface area (TPSA) is 64.3 Å². The van der Waals surface area contributed by atoms with Gasteiger partial charge in [0.25, 0.3) is 0 Å². The van der Waals surface area contributed by atoms with E-state index in [1.54, 1.807) is 7.11 Å². The predicted octanol–water partition coefficient (Wildman–Crippen LogP) is 1.83. The number of ether oxygens (including phenoxy) is 1. The molecule has 3 N–H and O–H groups in total. The van der Waals surface area contributed by atoms with E-state index in [0.717, 1.165) is 6.42 Å². The normalized spacial score (nSPS) is 13.2. The van der Waals surface area contributed by atoms with Crippen LogP contribution in [0, 0.1) is 6.92 Å². The summed E-state index contributed by atoms with van der Waals surface area (Å²) in [6.45, 7) is 4.45. The summed E-state index contributed by atoms with van der Waals surface area (Å²) in [5.74, 6) is -0.0154. The van der Waals surface area contributed by atoms with E-state index in [4.69, 9.17) is 10.5 Å². The average molecular weight is 301 g/mol. The lowest BCUT2D eigenvalue weighted by molar-refractivity contribution is -0.123. The van der Waals surface area contributed by atoms with Crippen molar-refractivity contribution < 1.29 is 9.53 Å². The van der Waals surface area contributed by atoms with E-state index in [1.165, 1.54) is 11.1 Å². The van der Waals surface area contributed by atoms with Gasteiger partial charge in [-0.1, -0.05) is 24.3 Å². The van der Waals surface area contributed by atoms with Gasteiger partial charge in [0.15, 0.2) is 0 Å². The van der Waals surface area contributed by atoms with Crippen LogP contribution in [0.4, 0.5) is 0 Å². The summed E-state index contributed by atoms with van der Waals surface area (Å²) in [6, 6.07) is 8.32. The summed E-state index contributed by atoms with van der Waals surface area (Å²) in [7, 11) is 1.57. The number of amides is 1. The molecule has 114 valence electrons. The van der Waals surface area contributed by atoms with E-state index in [1.807, 2.05) is 19.1 Å². The molecule has 0 aliphatic heterocycles. The Balaban J connectivity index is 0.00000361. The van der Waals surface area contributed by atoms with Gasteiger partial charge in [-0.25, -0.2) is 0 Å². The SMILES string of the molecule is COC(CN)CC(=O)NC(C)Cc1ccccc1C.Cl. The van der Waals surface area contributed by atoms with E-state index in [2.05, 4.69) is 24.4 Å². The summed E-state index contributed by atoms with van der Waals surface area (Å²) in [6.07, 6.45) is 0.940. The Kier molecular flexibility index (Phi) is 9.21. The zero-order chi connectivity index (χ0) is 14.3. The first kappa shape index (κ1) is 18.9. The Hall–Kier alpha value is -1.10. The molecule has 1 aromatic carbocycles. The maximum Gasteiger partial charge on any atom is 0.222 e. The number of methoxy groups -OCH3 is 1. The summed E-state index contributed by atoms with van der Waals surface area (Å²) in [5.41, 5.74) is 8.01. The summed E-state index contributed by atoms with van der Waals surface area (Å²) in [5, 5.41) is 2.98. The van der Waals surface area contributed by atoms with Crippen LogP contribution in [0.2, 0.25) is 0 Å². The van der Waals surface area contributed by atoms with E-state index >= 15 is 0 Å². The van der Waals surface area contributed by atoms with Crippen LogP contribution in [0.1, 0.15) is 24.5 Å². The quantitative estimate of drug-likeness (QED) is 0.807. The third-order valence-electron chi connectivity index (χ3n) is 3.20. The van der Waals surface area contributed by atoms with Gasteiger partial charge in [0, 0.05) is 19.7 Å². The van der Waals surface area contributed by atoms with E-state index < -0.39 is 0 Å². The Morgan fingerprint density at radius 3 is 2.60 bits per heavy atom. The molecule has 0 fully saturated rings. The number of benzene rings is 1. The Bertz CT molecular complexity index is 409. The van der Waals surface area contributed by atoms with Crippen LogP contribution in [0.15, 0.2) is 24.3 Å². The van der Waals surface area contributed by atoms with Gasteiger partial charge in [0.2, 0.25) is 5.91 Å². The lowest BCUT2D eigenvalue weighted by atomic mass is 10.0. The molecule has 0 aliphatic rings. The van der Waals surface area contributed by atoms with Gasteiger partial charge in [0.05, 0.1) is 12.5 Å². The summed E-state index contributed by atoms with van der Waals surface area (Å²) in [4.78, 5) is 11.8. The number of hydrogen-bond donors (Lipinski definition) is 2. The van der Waals surface area contributed by atoms with Gasteiger partial charge < -0.3 is 15.8 Å². The molecule has 1 rings (SSSR count). The molecule has 0 aliphatic carbocycles. The highest BCUT2D eigenvalue weighted by molar-refractivity contribution is 5.85. The molecular weight excluding hydrogens is 276 g/mol. The molecule has 0 saturated heterocycles. The average Bonchev–Trinajstić information content (AvgIpc) is 2.38. The first-order chi connectivity index (χ1) is 9.06. The molecule has 0 heterocycles. The smallest absolute Gasteiger partial charge is 0.222 e. The number of nitrogens with one attached hydrogen (secondary N) is 1. The standard InChI is InChI=1S/C15H24N2O2.ClH/c1-11-6-4-5-7-13(11)8-12(2)17-15(18)9-14(10-16)19-3;/h4-7,12,14H,8-10,16H2,1-3H3,(H,17,18);1H. The second kappa shape index (κ2) is 9.75. The molecular formula is C15H25ClN2O2. The van der Waals surface area contributed by atoms with Gasteiger partial charge in [0.1, 0.15) is 0 Å². The van der Waals surface area contributed by atoms with Crippen LogP contribution in [0.25, 0.3) is 0 Å². The maximum atomic E-state index is 11.8. The van der Waals surface area contributed by atoms with Crippen LogP contribution in [0.5, 0.6) is 0 Å². The van der Waals surface area contributed by atoms with E-state index in [9.17, 15) is 4.79 Å². The molecule has 0 spiro atoms. The molecule has 0 saturated carbocycles. The van der Waals surface area contributed by atoms with Crippen molar-refractivity contribution >= 4 is 18.3 Å². The zero-order valence-corrected chi connectivity index (χ0v) is 13.2. The van der Waals surface area contributed by atoms with Crippen LogP contribution >= 0.6 is 12.4 Å². The summed E-state index contributed by atoms with van der Waals surface area (Å²) >= 11 is 0. The lowest BCUT2D eigenvalue weighted by Crippen LogP contribution is -2.38. The third kappa shape index (κ3) is 6.37. The van der Waals surface area contributed by atoms with Crippen molar-refractivity contribution in [1.82, 2.24) is 5.32 Å². The van der Waals surface area contributed by atoms with Crippen LogP contribution in [-0.2, 0) is 16.0 Å². The van der Waals surface area contributed by atoms with Crippen LogP contribution in [0.3, 0.4) is 0 Å². The van der Waals surface area contributed by atoms with Crippen molar-refractivity contribution in [3.8, 4) is 0 Å². The second-order valence-electron chi connectivity index (χ2n) is 4.90. The highest BCUT2D eigenvalue weighted by Gasteiger charge is 2.14. The largest absolute Gasteiger partial charge is 0.380 e. The molecule has 1 amide bonds. The Labute approximate surface area is 127 Å². The molecule has 4 nitrogen and oxygen atoms in total. The number of rotatable bonds is 7. The zero-order valence-electron chi connectivity index (χ0n) is 12.4. The van der Waals surface area contributed by atoms with Gasteiger partial charge in [-0.2, -0.15) is 0 Å². The highest BCUT2D eigenvalue weighted by Crippen LogP contribution is 2.09. The minimum atomic E-state index is -0.203. The number of carbonyl (C=O) groups is 1. The molecule has 0 aromatic heterocycles. The van der Waals surface area contributed by atoms with Crippen LogP contribution < -0.4 is 11.1 Å². The van der Waals surface area contributed by atoms with Crippen molar-refractivity contribution in [3.63, 3.8) is 0 Å². The number of hydrogen-bond acceptors (Lipinski definition) is 3. The monoisotopic (exact) mass is 300 g/mol. The Morgan fingerprint density at radius 1 is 1.40 bits per heavy atom. The number of halogens is 1. The van der Waals surface area contributed by atoms with E-state index in [0.29, 0.717) is 13.0 Å². The number of nitrogens with two attached hydrogens (primary N) is 1. The molecule has 2 atom stereocenters. The van der Waals surface area contributed by atoms with Crippen LogP contribution in [-0.4, -0.2) is 31.7 Å². The molecule has 2 unspecified atom stereocenters. The first-order valence-corrected chi connectivity index (χ1v) is 6.63. The number of aryl methyl sites for hydroxylation is 1. The minimum Gasteiger partial charge on any atom is -0.380 e. The van der Waals surface area contributed by atoms with Crippen molar-refractivity contribution in [2.24, 2.45) is 5.73 Å².